The van der Waals surface area contributed by atoms with Gasteiger partial charge in [-0.05, 0) is 23.8 Å². The molecule has 3 rings (SSSR count). The molecule has 108 valence electrons. The number of hydrogen-bond acceptors (Lipinski definition) is 5. The molecule has 0 spiro atoms. The fourth-order valence-electron chi connectivity index (χ4n) is 1.91. The zero-order valence-electron chi connectivity index (χ0n) is 11.4. The summed E-state index contributed by atoms with van der Waals surface area (Å²) in [6.07, 6.45) is 1.63. The third-order valence-corrected chi connectivity index (χ3v) is 5.73. The molecule has 0 saturated heterocycles. The average Bonchev–Trinajstić information content (AvgIpc) is 2.93. The number of methoxy groups -OCH3 is 1. The maximum Gasteiger partial charge on any atom is 0.117 e. The number of thiophene rings is 1. The van der Waals surface area contributed by atoms with E-state index < -0.39 is 0 Å². The SMILES string of the molecule is COCCSc1ncnc2cc(-c3ccc(Br)cc3)sc12. The van der Waals surface area contributed by atoms with Gasteiger partial charge in [-0.2, -0.15) is 0 Å². The summed E-state index contributed by atoms with van der Waals surface area (Å²) in [6.45, 7) is 0.723. The van der Waals surface area contributed by atoms with Crippen LogP contribution in [0.25, 0.3) is 20.7 Å². The van der Waals surface area contributed by atoms with Gasteiger partial charge in [-0.15, -0.1) is 23.1 Å². The van der Waals surface area contributed by atoms with Gasteiger partial charge in [-0.25, -0.2) is 9.97 Å². The number of fused-ring (bicyclic) bond motifs is 1. The lowest BCUT2D eigenvalue weighted by Gasteiger charge is -2.00. The molecular weight excluding hydrogens is 368 g/mol. The molecular formula is C15H13BrN2OS2. The Morgan fingerprint density at radius 3 is 2.81 bits per heavy atom. The summed E-state index contributed by atoms with van der Waals surface area (Å²) in [6, 6.07) is 10.5. The maximum atomic E-state index is 5.10. The van der Waals surface area contributed by atoms with E-state index in [2.05, 4.69) is 56.2 Å². The second kappa shape index (κ2) is 6.87. The van der Waals surface area contributed by atoms with Crippen LogP contribution in [0.1, 0.15) is 0 Å². The van der Waals surface area contributed by atoms with Crippen molar-refractivity contribution >= 4 is 49.2 Å². The monoisotopic (exact) mass is 380 g/mol. The van der Waals surface area contributed by atoms with Crippen molar-refractivity contribution in [1.82, 2.24) is 9.97 Å². The Labute approximate surface area is 139 Å². The van der Waals surface area contributed by atoms with Gasteiger partial charge in [0.15, 0.2) is 0 Å². The zero-order chi connectivity index (χ0) is 14.7. The highest BCUT2D eigenvalue weighted by atomic mass is 79.9. The Morgan fingerprint density at radius 1 is 1.24 bits per heavy atom. The first-order chi connectivity index (χ1) is 10.3. The van der Waals surface area contributed by atoms with E-state index in [9.17, 15) is 0 Å². The van der Waals surface area contributed by atoms with E-state index in [0.717, 1.165) is 32.1 Å². The number of benzene rings is 1. The predicted molar refractivity (Wildman–Crippen MR) is 93.2 cm³/mol. The summed E-state index contributed by atoms with van der Waals surface area (Å²) in [5.41, 5.74) is 2.21. The smallest absolute Gasteiger partial charge is 0.117 e. The van der Waals surface area contributed by atoms with Crippen LogP contribution in [0, 0.1) is 0 Å². The van der Waals surface area contributed by atoms with Crippen LogP contribution < -0.4 is 0 Å². The molecule has 21 heavy (non-hydrogen) atoms. The lowest BCUT2D eigenvalue weighted by atomic mass is 10.2. The highest BCUT2D eigenvalue weighted by Gasteiger charge is 2.10. The minimum absolute atomic E-state index is 0.723. The van der Waals surface area contributed by atoms with Crippen molar-refractivity contribution in [2.75, 3.05) is 19.5 Å². The molecule has 0 bridgehead atoms. The summed E-state index contributed by atoms with van der Waals surface area (Å²) in [5, 5.41) is 1.03. The molecule has 0 fully saturated rings. The first-order valence-electron chi connectivity index (χ1n) is 6.40. The van der Waals surface area contributed by atoms with Crippen LogP contribution >= 0.6 is 39.0 Å². The fourth-order valence-corrected chi connectivity index (χ4v) is 4.28. The van der Waals surface area contributed by atoms with E-state index in [0.29, 0.717) is 0 Å². The lowest BCUT2D eigenvalue weighted by Crippen LogP contribution is -1.92. The van der Waals surface area contributed by atoms with Crippen molar-refractivity contribution in [3.63, 3.8) is 0 Å². The quantitative estimate of drug-likeness (QED) is 0.359. The van der Waals surface area contributed by atoms with Gasteiger partial charge in [0.25, 0.3) is 0 Å². The van der Waals surface area contributed by atoms with Crippen LogP contribution in [0.2, 0.25) is 0 Å². The number of thioether (sulfide) groups is 1. The standard InChI is InChI=1S/C15H13BrN2OS2/c1-19-6-7-20-15-14-12(17-9-18-15)8-13(21-14)10-2-4-11(16)5-3-10/h2-5,8-9H,6-7H2,1H3. The van der Waals surface area contributed by atoms with Gasteiger partial charge in [-0.1, -0.05) is 28.1 Å². The minimum atomic E-state index is 0.723. The van der Waals surface area contributed by atoms with Crippen molar-refractivity contribution in [3.8, 4) is 10.4 Å². The van der Waals surface area contributed by atoms with Crippen molar-refractivity contribution < 1.29 is 4.74 Å². The molecule has 3 aromatic rings. The molecule has 6 heteroatoms. The summed E-state index contributed by atoms with van der Waals surface area (Å²) in [7, 11) is 1.72. The van der Waals surface area contributed by atoms with Crippen molar-refractivity contribution in [2.24, 2.45) is 0 Å². The van der Waals surface area contributed by atoms with Crippen molar-refractivity contribution in [3.05, 3.63) is 41.1 Å². The second-order valence-corrected chi connectivity index (χ2v) is 7.40. The van der Waals surface area contributed by atoms with Crippen molar-refractivity contribution in [2.45, 2.75) is 5.03 Å². The molecule has 0 unspecified atom stereocenters. The number of hydrogen-bond donors (Lipinski definition) is 0. The van der Waals surface area contributed by atoms with Gasteiger partial charge in [-0.3, -0.25) is 0 Å². The van der Waals surface area contributed by atoms with Crippen LogP contribution in [0.15, 0.2) is 46.2 Å². The van der Waals surface area contributed by atoms with E-state index in [-0.39, 0.29) is 0 Å². The van der Waals surface area contributed by atoms with Crippen LogP contribution in [0.5, 0.6) is 0 Å². The number of aromatic nitrogens is 2. The minimum Gasteiger partial charge on any atom is -0.384 e. The van der Waals surface area contributed by atoms with Gasteiger partial charge in [0.2, 0.25) is 0 Å². The summed E-state index contributed by atoms with van der Waals surface area (Å²) >= 11 is 6.92. The first kappa shape index (κ1) is 15.0. The molecule has 0 N–H and O–H groups in total. The van der Waals surface area contributed by atoms with Crippen LogP contribution in [0.4, 0.5) is 0 Å². The lowest BCUT2D eigenvalue weighted by molar-refractivity contribution is 0.218. The van der Waals surface area contributed by atoms with Crippen molar-refractivity contribution in [1.29, 1.82) is 0 Å². The van der Waals surface area contributed by atoms with Gasteiger partial charge in [0.1, 0.15) is 11.4 Å². The normalized spacial score (nSPS) is 11.1. The molecule has 0 radical (unpaired) electrons. The van der Waals surface area contributed by atoms with E-state index in [1.54, 1.807) is 36.5 Å². The molecule has 0 aliphatic heterocycles. The number of ether oxygens (including phenoxy) is 1. The highest BCUT2D eigenvalue weighted by molar-refractivity contribution is 9.10. The van der Waals surface area contributed by atoms with Gasteiger partial charge in [0.05, 0.1) is 16.8 Å². The van der Waals surface area contributed by atoms with E-state index in [4.69, 9.17) is 4.74 Å². The summed E-state index contributed by atoms with van der Waals surface area (Å²) < 4.78 is 7.33. The maximum absolute atomic E-state index is 5.10. The fraction of sp³-hybridized carbons (Fsp3) is 0.200. The molecule has 0 atom stereocenters. The van der Waals surface area contributed by atoms with E-state index >= 15 is 0 Å². The topological polar surface area (TPSA) is 35.0 Å². The average molecular weight is 381 g/mol. The third kappa shape index (κ3) is 3.45. The van der Waals surface area contributed by atoms with E-state index in [1.165, 1.54) is 10.4 Å². The highest BCUT2D eigenvalue weighted by Crippen LogP contribution is 2.37. The predicted octanol–water partition coefficient (Wildman–Crippen LogP) is 4.86. The molecule has 0 saturated carbocycles. The van der Waals surface area contributed by atoms with E-state index in [1.807, 2.05) is 0 Å². The summed E-state index contributed by atoms with van der Waals surface area (Å²) in [4.78, 5) is 9.99. The van der Waals surface area contributed by atoms with Gasteiger partial charge in [0, 0.05) is 22.2 Å². The Balaban J connectivity index is 1.95. The number of halogens is 1. The Kier molecular flexibility index (Phi) is 4.90. The Bertz CT molecular complexity index is 743. The molecule has 3 nitrogen and oxygen atoms in total. The van der Waals surface area contributed by atoms with Gasteiger partial charge >= 0.3 is 0 Å². The Morgan fingerprint density at radius 2 is 2.05 bits per heavy atom. The van der Waals surface area contributed by atoms with Gasteiger partial charge < -0.3 is 4.74 Å². The summed E-state index contributed by atoms with van der Waals surface area (Å²) in [5.74, 6) is 0.897. The molecule has 2 heterocycles. The van der Waals surface area contributed by atoms with Crippen LogP contribution in [-0.2, 0) is 4.74 Å². The first-order valence-corrected chi connectivity index (χ1v) is 8.99. The zero-order valence-corrected chi connectivity index (χ0v) is 14.6. The molecule has 1 aromatic carbocycles. The molecule has 0 aliphatic carbocycles. The molecule has 2 aromatic heterocycles. The third-order valence-electron chi connectivity index (χ3n) is 2.93. The second-order valence-electron chi connectivity index (χ2n) is 4.35. The van der Waals surface area contributed by atoms with Crippen LogP contribution in [-0.4, -0.2) is 29.4 Å². The number of rotatable bonds is 5. The largest absolute Gasteiger partial charge is 0.384 e. The molecule has 0 aliphatic rings. The number of nitrogens with zero attached hydrogens (tertiary/aromatic N) is 2. The van der Waals surface area contributed by atoms with Crippen LogP contribution in [0.3, 0.4) is 0 Å². The Hall–Kier alpha value is -0.950. The molecule has 0 amide bonds.